The summed E-state index contributed by atoms with van der Waals surface area (Å²) in [7, 11) is 1.54. The number of aromatic nitrogens is 1. The Hall–Kier alpha value is -1.72. The van der Waals surface area contributed by atoms with Gasteiger partial charge in [-0.15, -0.1) is 11.3 Å². The van der Waals surface area contributed by atoms with Gasteiger partial charge in [-0.3, -0.25) is 4.79 Å². The largest absolute Gasteiger partial charge is 0.367 e. The standard InChI is InChI=1S/C15H18N2O2S/c1-15(2,14-16-9-10-20-14)17-13(18)12(19-3)11-7-5-4-6-8-11/h4-10,12H,1-3H3,(H,17,18). The summed E-state index contributed by atoms with van der Waals surface area (Å²) in [5.74, 6) is -0.168. The van der Waals surface area contributed by atoms with Crippen LogP contribution in [0.1, 0.15) is 30.5 Å². The SMILES string of the molecule is COC(C(=O)NC(C)(C)c1nccs1)c1ccccc1. The Kier molecular flexibility index (Phi) is 4.52. The predicted molar refractivity (Wildman–Crippen MR) is 79.5 cm³/mol. The molecule has 2 aromatic rings. The van der Waals surface area contributed by atoms with E-state index in [-0.39, 0.29) is 5.91 Å². The molecule has 2 rings (SSSR count). The van der Waals surface area contributed by atoms with E-state index in [0.29, 0.717) is 0 Å². The Morgan fingerprint density at radius 1 is 1.35 bits per heavy atom. The van der Waals surface area contributed by atoms with Crippen LogP contribution in [0.25, 0.3) is 0 Å². The van der Waals surface area contributed by atoms with Gasteiger partial charge in [0.2, 0.25) is 0 Å². The minimum absolute atomic E-state index is 0.168. The molecule has 0 saturated heterocycles. The first-order valence-corrected chi connectivity index (χ1v) is 7.22. The van der Waals surface area contributed by atoms with E-state index in [1.54, 1.807) is 6.20 Å². The molecule has 1 amide bonds. The van der Waals surface area contributed by atoms with Crippen LogP contribution in [0.15, 0.2) is 41.9 Å². The van der Waals surface area contributed by atoms with Crippen molar-refractivity contribution in [3.8, 4) is 0 Å². The predicted octanol–water partition coefficient (Wildman–Crippen LogP) is 2.88. The molecule has 5 heteroatoms. The third-order valence-electron chi connectivity index (χ3n) is 2.98. The van der Waals surface area contributed by atoms with Crippen molar-refractivity contribution in [3.05, 3.63) is 52.5 Å². The van der Waals surface area contributed by atoms with Gasteiger partial charge >= 0.3 is 0 Å². The van der Waals surface area contributed by atoms with Crippen LogP contribution in [0, 0.1) is 0 Å². The molecule has 0 aliphatic heterocycles. The number of benzene rings is 1. The second kappa shape index (κ2) is 6.15. The van der Waals surface area contributed by atoms with Gasteiger partial charge in [-0.1, -0.05) is 30.3 Å². The van der Waals surface area contributed by atoms with Crippen LogP contribution in [0.4, 0.5) is 0 Å². The third kappa shape index (κ3) is 3.23. The second-order valence-electron chi connectivity index (χ2n) is 4.98. The highest BCUT2D eigenvalue weighted by Gasteiger charge is 2.29. The fourth-order valence-electron chi connectivity index (χ4n) is 1.98. The first-order valence-electron chi connectivity index (χ1n) is 6.34. The van der Waals surface area contributed by atoms with E-state index < -0.39 is 11.6 Å². The number of ether oxygens (including phenoxy) is 1. The molecule has 0 radical (unpaired) electrons. The molecule has 0 aliphatic rings. The van der Waals surface area contributed by atoms with Crippen LogP contribution >= 0.6 is 11.3 Å². The van der Waals surface area contributed by atoms with Gasteiger partial charge in [0, 0.05) is 18.7 Å². The zero-order chi connectivity index (χ0) is 14.6. The number of rotatable bonds is 5. The Morgan fingerprint density at radius 3 is 2.60 bits per heavy atom. The lowest BCUT2D eigenvalue weighted by molar-refractivity contribution is -0.133. The molecule has 0 aliphatic carbocycles. The van der Waals surface area contributed by atoms with Gasteiger partial charge in [0.15, 0.2) is 6.10 Å². The van der Waals surface area contributed by atoms with Crippen molar-refractivity contribution in [1.29, 1.82) is 0 Å². The van der Waals surface area contributed by atoms with Crippen molar-refractivity contribution < 1.29 is 9.53 Å². The molecule has 1 atom stereocenters. The molecule has 1 aromatic heterocycles. The van der Waals surface area contributed by atoms with Crippen molar-refractivity contribution >= 4 is 17.2 Å². The Balaban J connectivity index is 2.14. The normalized spacial score (nSPS) is 12.9. The lowest BCUT2D eigenvalue weighted by Crippen LogP contribution is -2.43. The monoisotopic (exact) mass is 290 g/mol. The average molecular weight is 290 g/mol. The van der Waals surface area contributed by atoms with Crippen LogP contribution < -0.4 is 5.32 Å². The summed E-state index contributed by atoms with van der Waals surface area (Å²) in [4.78, 5) is 16.7. The summed E-state index contributed by atoms with van der Waals surface area (Å²) in [6.07, 6.45) is 1.12. The van der Waals surface area contributed by atoms with Crippen molar-refractivity contribution in [2.75, 3.05) is 7.11 Å². The van der Waals surface area contributed by atoms with E-state index in [1.165, 1.54) is 18.4 Å². The van der Waals surface area contributed by atoms with Gasteiger partial charge < -0.3 is 10.1 Å². The van der Waals surface area contributed by atoms with Gasteiger partial charge in [-0.05, 0) is 19.4 Å². The number of nitrogens with zero attached hydrogens (tertiary/aromatic N) is 1. The molecule has 0 bridgehead atoms. The van der Waals surface area contributed by atoms with Gasteiger partial charge in [-0.25, -0.2) is 4.98 Å². The van der Waals surface area contributed by atoms with E-state index in [2.05, 4.69) is 10.3 Å². The number of amides is 1. The summed E-state index contributed by atoms with van der Waals surface area (Å²) in [5.41, 5.74) is 0.319. The van der Waals surface area contributed by atoms with E-state index in [4.69, 9.17) is 4.74 Å². The number of nitrogens with one attached hydrogen (secondary N) is 1. The van der Waals surface area contributed by atoms with Crippen LogP contribution in [0.5, 0.6) is 0 Å². The summed E-state index contributed by atoms with van der Waals surface area (Å²) < 4.78 is 5.33. The van der Waals surface area contributed by atoms with Crippen LogP contribution in [0.3, 0.4) is 0 Å². The fraction of sp³-hybridized carbons (Fsp3) is 0.333. The number of hydrogen-bond acceptors (Lipinski definition) is 4. The Bertz CT molecular complexity index is 553. The van der Waals surface area contributed by atoms with Crippen molar-refractivity contribution in [2.45, 2.75) is 25.5 Å². The number of methoxy groups -OCH3 is 1. The number of carbonyl (C=O) groups excluding carboxylic acids is 1. The number of carbonyl (C=O) groups is 1. The van der Waals surface area contributed by atoms with E-state index in [9.17, 15) is 4.79 Å². The summed E-state index contributed by atoms with van der Waals surface area (Å²) >= 11 is 1.52. The fourth-order valence-corrected chi connectivity index (χ4v) is 2.70. The van der Waals surface area contributed by atoms with E-state index >= 15 is 0 Å². The smallest absolute Gasteiger partial charge is 0.254 e. The van der Waals surface area contributed by atoms with Gasteiger partial charge in [0.05, 0.1) is 5.54 Å². The van der Waals surface area contributed by atoms with Gasteiger partial charge in [0.1, 0.15) is 5.01 Å². The minimum atomic E-state index is -0.615. The molecule has 1 unspecified atom stereocenters. The Morgan fingerprint density at radius 2 is 2.05 bits per heavy atom. The van der Waals surface area contributed by atoms with Crippen molar-refractivity contribution in [3.63, 3.8) is 0 Å². The number of hydrogen-bond donors (Lipinski definition) is 1. The highest BCUT2D eigenvalue weighted by molar-refractivity contribution is 7.09. The molecule has 106 valence electrons. The lowest BCUT2D eigenvalue weighted by Gasteiger charge is -2.26. The maximum absolute atomic E-state index is 12.4. The lowest BCUT2D eigenvalue weighted by atomic mass is 10.0. The average Bonchev–Trinajstić information content (AvgIpc) is 2.95. The molecule has 1 N–H and O–H groups in total. The molecular formula is C15H18N2O2S. The van der Waals surface area contributed by atoms with Gasteiger partial charge in [0.25, 0.3) is 5.91 Å². The first kappa shape index (κ1) is 14.7. The van der Waals surface area contributed by atoms with Crippen LogP contribution in [-0.4, -0.2) is 18.0 Å². The maximum atomic E-state index is 12.4. The summed E-state index contributed by atoms with van der Waals surface area (Å²) in [6.45, 7) is 3.86. The topological polar surface area (TPSA) is 51.2 Å². The molecule has 4 nitrogen and oxygen atoms in total. The highest BCUT2D eigenvalue weighted by atomic mass is 32.1. The molecule has 0 fully saturated rings. The van der Waals surface area contributed by atoms with Gasteiger partial charge in [-0.2, -0.15) is 0 Å². The molecule has 20 heavy (non-hydrogen) atoms. The molecule has 0 spiro atoms. The molecule has 0 saturated carbocycles. The number of thiazole rings is 1. The quantitative estimate of drug-likeness (QED) is 0.921. The van der Waals surface area contributed by atoms with Crippen LogP contribution in [-0.2, 0) is 15.1 Å². The molecule has 1 aromatic carbocycles. The van der Waals surface area contributed by atoms with Crippen molar-refractivity contribution in [2.24, 2.45) is 0 Å². The van der Waals surface area contributed by atoms with Crippen molar-refractivity contribution in [1.82, 2.24) is 10.3 Å². The zero-order valence-electron chi connectivity index (χ0n) is 11.8. The zero-order valence-corrected chi connectivity index (χ0v) is 12.6. The summed E-state index contributed by atoms with van der Waals surface area (Å²) in [6, 6.07) is 9.45. The molecular weight excluding hydrogens is 272 g/mol. The van der Waals surface area contributed by atoms with Crippen LogP contribution in [0.2, 0.25) is 0 Å². The summed E-state index contributed by atoms with van der Waals surface area (Å²) in [5, 5.41) is 5.76. The second-order valence-corrected chi connectivity index (χ2v) is 5.87. The Labute approximate surface area is 122 Å². The van der Waals surface area contributed by atoms with E-state index in [0.717, 1.165) is 10.6 Å². The maximum Gasteiger partial charge on any atom is 0.254 e. The highest BCUT2D eigenvalue weighted by Crippen LogP contribution is 2.24. The minimum Gasteiger partial charge on any atom is -0.367 e. The third-order valence-corrected chi connectivity index (χ3v) is 4.08. The first-order chi connectivity index (χ1) is 9.54. The van der Waals surface area contributed by atoms with E-state index in [1.807, 2.05) is 49.6 Å². The molecule has 1 heterocycles.